The molecule has 1 heterocycles. The molecule has 5 aromatic rings. The third-order valence-corrected chi connectivity index (χ3v) is 6.25. The molecule has 1 amide bonds. The molecule has 0 spiro atoms. The van der Waals surface area contributed by atoms with Gasteiger partial charge in [0.2, 0.25) is 0 Å². The predicted octanol–water partition coefficient (Wildman–Crippen LogP) is 7.34. The first-order chi connectivity index (χ1) is 16.1. The second-order valence-electron chi connectivity index (χ2n) is 8.37. The Morgan fingerprint density at radius 3 is 2.03 bits per heavy atom. The summed E-state index contributed by atoms with van der Waals surface area (Å²) in [5.74, 6) is -0.0874. The Hall–Kier alpha value is -3.98. The molecule has 0 atom stereocenters. The van der Waals surface area contributed by atoms with Gasteiger partial charge < -0.3 is 4.90 Å². The standard InChI is InChI=1S/C30H26N2O/c1-4-32(30(33)26-15-9-10-21(3)31-26)27-19-18-23-12-6-8-14-25(23)29(27)28-20(2)16-17-22-11-5-7-13-24(22)28/h5-19H,4H2,1-3H3. The van der Waals surface area contributed by atoms with Crippen LogP contribution in [0.4, 0.5) is 5.69 Å². The molecule has 0 N–H and O–H groups in total. The summed E-state index contributed by atoms with van der Waals surface area (Å²) in [6, 6.07) is 31.0. The van der Waals surface area contributed by atoms with Crippen molar-refractivity contribution in [2.45, 2.75) is 20.8 Å². The quantitative estimate of drug-likeness (QED) is 0.299. The monoisotopic (exact) mass is 430 g/mol. The Balaban J connectivity index is 1.83. The van der Waals surface area contributed by atoms with Crippen molar-refractivity contribution in [3.8, 4) is 11.1 Å². The van der Waals surface area contributed by atoms with Crippen molar-refractivity contribution in [2.24, 2.45) is 0 Å². The highest BCUT2D eigenvalue weighted by Crippen LogP contribution is 2.42. The van der Waals surface area contributed by atoms with Crippen LogP contribution in [-0.2, 0) is 0 Å². The van der Waals surface area contributed by atoms with E-state index in [1.54, 1.807) is 6.07 Å². The zero-order valence-electron chi connectivity index (χ0n) is 19.2. The molecular formula is C30H26N2O. The fraction of sp³-hybridized carbons (Fsp3) is 0.133. The van der Waals surface area contributed by atoms with Crippen molar-refractivity contribution in [3.05, 3.63) is 108 Å². The van der Waals surface area contributed by atoms with Crippen molar-refractivity contribution in [1.29, 1.82) is 0 Å². The van der Waals surface area contributed by atoms with E-state index in [1.165, 1.54) is 21.9 Å². The van der Waals surface area contributed by atoms with Gasteiger partial charge in [-0.3, -0.25) is 4.79 Å². The number of hydrogen-bond donors (Lipinski definition) is 0. The number of nitrogens with zero attached hydrogens (tertiary/aromatic N) is 2. The first-order valence-corrected chi connectivity index (χ1v) is 11.3. The maximum atomic E-state index is 13.7. The number of fused-ring (bicyclic) bond motifs is 2. The van der Waals surface area contributed by atoms with Crippen LogP contribution in [-0.4, -0.2) is 17.4 Å². The first-order valence-electron chi connectivity index (χ1n) is 11.3. The number of amides is 1. The molecule has 1 aromatic heterocycles. The molecule has 33 heavy (non-hydrogen) atoms. The fourth-order valence-electron chi connectivity index (χ4n) is 4.68. The van der Waals surface area contributed by atoms with Gasteiger partial charge in [0.1, 0.15) is 5.69 Å². The SMILES string of the molecule is CCN(C(=O)c1cccc(C)n1)c1ccc2ccccc2c1-c1c(C)ccc2ccccc12. The van der Waals surface area contributed by atoms with Gasteiger partial charge in [-0.05, 0) is 71.6 Å². The highest BCUT2D eigenvalue weighted by molar-refractivity contribution is 6.15. The molecule has 0 aliphatic rings. The summed E-state index contributed by atoms with van der Waals surface area (Å²) < 4.78 is 0. The minimum Gasteiger partial charge on any atom is -0.307 e. The maximum absolute atomic E-state index is 13.7. The lowest BCUT2D eigenvalue weighted by atomic mass is 9.89. The van der Waals surface area contributed by atoms with Crippen LogP contribution in [0.2, 0.25) is 0 Å². The zero-order chi connectivity index (χ0) is 22.9. The van der Waals surface area contributed by atoms with Crippen LogP contribution < -0.4 is 4.90 Å². The van der Waals surface area contributed by atoms with Gasteiger partial charge in [-0.2, -0.15) is 0 Å². The van der Waals surface area contributed by atoms with Crippen LogP contribution >= 0.6 is 0 Å². The highest BCUT2D eigenvalue weighted by atomic mass is 16.2. The average molecular weight is 431 g/mol. The summed E-state index contributed by atoms with van der Waals surface area (Å²) in [7, 11) is 0. The van der Waals surface area contributed by atoms with E-state index in [1.807, 2.05) is 30.9 Å². The molecule has 0 aliphatic heterocycles. The minimum absolute atomic E-state index is 0.0874. The Bertz CT molecular complexity index is 1500. The molecule has 0 bridgehead atoms. The Kier molecular flexibility index (Phi) is 5.39. The highest BCUT2D eigenvalue weighted by Gasteiger charge is 2.23. The van der Waals surface area contributed by atoms with E-state index in [-0.39, 0.29) is 5.91 Å². The fourth-order valence-corrected chi connectivity index (χ4v) is 4.68. The molecule has 5 rings (SSSR count). The van der Waals surface area contributed by atoms with Crippen molar-refractivity contribution in [2.75, 3.05) is 11.4 Å². The van der Waals surface area contributed by atoms with Crippen molar-refractivity contribution in [1.82, 2.24) is 4.98 Å². The second kappa shape index (κ2) is 8.51. The molecule has 0 radical (unpaired) electrons. The van der Waals surface area contributed by atoms with E-state index >= 15 is 0 Å². The third kappa shape index (κ3) is 3.66. The molecule has 0 saturated heterocycles. The van der Waals surface area contributed by atoms with Gasteiger partial charge in [-0.15, -0.1) is 0 Å². The van der Waals surface area contributed by atoms with Gasteiger partial charge in [-0.1, -0.05) is 72.8 Å². The molecule has 162 valence electrons. The Morgan fingerprint density at radius 2 is 1.36 bits per heavy atom. The van der Waals surface area contributed by atoms with E-state index in [0.29, 0.717) is 12.2 Å². The first kappa shape index (κ1) is 20.9. The van der Waals surface area contributed by atoms with Crippen molar-refractivity contribution >= 4 is 33.1 Å². The second-order valence-corrected chi connectivity index (χ2v) is 8.37. The lowest BCUT2D eigenvalue weighted by Gasteiger charge is -2.26. The number of anilines is 1. The van der Waals surface area contributed by atoms with E-state index in [4.69, 9.17) is 0 Å². The largest absolute Gasteiger partial charge is 0.307 e. The Morgan fingerprint density at radius 1 is 0.727 bits per heavy atom. The lowest BCUT2D eigenvalue weighted by molar-refractivity contribution is 0.0983. The number of carbonyl (C=O) groups is 1. The van der Waals surface area contributed by atoms with E-state index in [0.717, 1.165) is 27.7 Å². The number of aryl methyl sites for hydroxylation is 2. The number of hydrogen-bond acceptors (Lipinski definition) is 2. The molecule has 3 nitrogen and oxygen atoms in total. The summed E-state index contributed by atoms with van der Waals surface area (Å²) in [5.41, 5.74) is 5.65. The van der Waals surface area contributed by atoms with Gasteiger partial charge in [0.15, 0.2) is 0 Å². The number of benzene rings is 4. The van der Waals surface area contributed by atoms with Gasteiger partial charge in [0.25, 0.3) is 5.91 Å². The van der Waals surface area contributed by atoms with Gasteiger partial charge in [-0.25, -0.2) is 4.98 Å². The normalized spacial score (nSPS) is 11.1. The molecule has 3 heteroatoms. The van der Waals surface area contributed by atoms with Gasteiger partial charge in [0.05, 0.1) is 5.69 Å². The summed E-state index contributed by atoms with van der Waals surface area (Å²) >= 11 is 0. The minimum atomic E-state index is -0.0874. The van der Waals surface area contributed by atoms with Crippen molar-refractivity contribution in [3.63, 3.8) is 0 Å². The maximum Gasteiger partial charge on any atom is 0.276 e. The Labute approximate surface area is 194 Å². The molecule has 4 aromatic carbocycles. The van der Waals surface area contributed by atoms with E-state index < -0.39 is 0 Å². The number of pyridine rings is 1. The van der Waals surface area contributed by atoms with Crippen LogP contribution in [0.5, 0.6) is 0 Å². The summed E-state index contributed by atoms with van der Waals surface area (Å²) in [6.07, 6.45) is 0. The summed E-state index contributed by atoms with van der Waals surface area (Å²) in [4.78, 5) is 20.0. The van der Waals surface area contributed by atoms with Crippen LogP contribution in [0.15, 0.2) is 91.0 Å². The van der Waals surface area contributed by atoms with E-state index in [9.17, 15) is 4.79 Å². The molecule has 0 aliphatic carbocycles. The third-order valence-electron chi connectivity index (χ3n) is 6.25. The van der Waals surface area contributed by atoms with Crippen LogP contribution in [0.3, 0.4) is 0 Å². The molecule has 0 saturated carbocycles. The van der Waals surface area contributed by atoms with Gasteiger partial charge in [0, 0.05) is 17.8 Å². The van der Waals surface area contributed by atoms with Crippen LogP contribution in [0.1, 0.15) is 28.7 Å². The number of rotatable bonds is 4. The van der Waals surface area contributed by atoms with Crippen LogP contribution in [0.25, 0.3) is 32.7 Å². The summed E-state index contributed by atoms with van der Waals surface area (Å²) in [5, 5.41) is 4.66. The van der Waals surface area contributed by atoms with Crippen LogP contribution in [0, 0.1) is 13.8 Å². The average Bonchev–Trinajstić information content (AvgIpc) is 2.84. The van der Waals surface area contributed by atoms with Gasteiger partial charge >= 0.3 is 0 Å². The summed E-state index contributed by atoms with van der Waals surface area (Å²) in [6.45, 7) is 6.62. The molecule has 0 fully saturated rings. The topological polar surface area (TPSA) is 33.2 Å². The van der Waals surface area contributed by atoms with Crippen molar-refractivity contribution < 1.29 is 4.79 Å². The lowest BCUT2D eigenvalue weighted by Crippen LogP contribution is -2.32. The smallest absolute Gasteiger partial charge is 0.276 e. The van der Waals surface area contributed by atoms with E-state index in [2.05, 4.69) is 84.7 Å². The predicted molar refractivity (Wildman–Crippen MR) is 138 cm³/mol. The zero-order valence-corrected chi connectivity index (χ0v) is 19.2. The number of aromatic nitrogens is 1. The number of carbonyl (C=O) groups excluding carboxylic acids is 1. The molecule has 0 unspecified atom stereocenters. The molecular weight excluding hydrogens is 404 g/mol.